The number of carbonyl (C=O) groups excluding carboxylic acids is 1. The van der Waals surface area contributed by atoms with E-state index in [9.17, 15) is 4.79 Å². The van der Waals surface area contributed by atoms with E-state index in [0.717, 1.165) is 38.0 Å². The van der Waals surface area contributed by atoms with Crippen LogP contribution in [0.15, 0.2) is 55.0 Å². The Kier molecular flexibility index (Phi) is 7.02. The third-order valence-electron chi connectivity index (χ3n) is 5.99. The first-order chi connectivity index (χ1) is 15.5. The topological polar surface area (TPSA) is 77.2 Å². The molecular formula is C24H32N6O2. The number of carbonyl (C=O) groups is 1. The number of nitrogens with one attached hydrogen (secondary N) is 1. The molecule has 1 atom stereocenters. The first-order valence-corrected chi connectivity index (χ1v) is 11.2. The van der Waals surface area contributed by atoms with Gasteiger partial charge in [0.1, 0.15) is 5.82 Å². The number of piperidine rings is 1. The Labute approximate surface area is 189 Å². The molecule has 1 N–H and O–H groups in total. The second-order valence-electron chi connectivity index (χ2n) is 8.61. The first kappa shape index (κ1) is 22.2. The van der Waals surface area contributed by atoms with E-state index in [1.165, 1.54) is 5.56 Å². The van der Waals surface area contributed by atoms with Crippen molar-refractivity contribution < 1.29 is 9.53 Å². The molecule has 170 valence electrons. The summed E-state index contributed by atoms with van der Waals surface area (Å²) in [6.45, 7) is 7.15. The van der Waals surface area contributed by atoms with Crippen LogP contribution in [-0.2, 0) is 16.1 Å². The molecule has 1 saturated heterocycles. The van der Waals surface area contributed by atoms with E-state index in [1.807, 2.05) is 52.0 Å². The van der Waals surface area contributed by atoms with E-state index in [-0.39, 0.29) is 11.9 Å². The van der Waals surface area contributed by atoms with Gasteiger partial charge in [-0.2, -0.15) is 10.2 Å². The van der Waals surface area contributed by atoms with Crippen LogP contribution in [0.2, 0.25) is 0 Å². The molecule has 1 aliphatic heterocycles. The van der Waals surface area contributed by atoms with Gasteiger partial charge in [0, 0.05) is 50.6 Å². The first-order valence-electron chi connectivity index (χ1n) is 11.2. The average Bonchev–Trinajstić information content (AvgIpc) is 3.45. The summed E-state index contributed by atoms with van der Waals surface area (Å²) in [6.07, 6.45) is 7.15. The fraction of sp³-hybridized carbons (Fsp3) is 0.458. The van der Waals surface area contributed by atoms with Gasteiger partial charge >= 0.3 is 0 Å². The highest BCUT2D eigenvalue weighted by atomic mass is 16.5. The molecule has 4 rings (SSSR count). The van der Waals surface area contributed by atoms with Gasteiger partial charge in [0.2, 0.25) is 0 Å². The highest BCUT2D eigenvalue weighted by Gasteiger charge is 2.25. The van der Waals surface area contributed by atoms with E-state index >= 15 is 0 Å². The lowest BCUT2D eigenvalue weighted by Gasteiger charge is -2.32. The van der Waals surface area contributed by atoms with E-state index in [4.69, 9.17) is 4.74 Å². The zero-order chi connectivity index (χ0) is 22.5. The third-order valence-corrected chi connectivity index (χ3v) is 5.99. The molecule has 0 unspecified atom stereocenters. The predicted octanol–water partition coefficient (Wildman–Crippen LogP) is 3.82. The predicted molar refractivity (Wildman–Crippen MR) is 123 cm³/mol. The van der Waals surface area contributed by atoms with Gasteiger partial charge in [0.05, 0.1) is 18.4 Å². The van der Waals surface area contributed by atoms with Crippen molar-refractivity contribution in [2.24, 2.45) is 0 Å². The van der Waals surface area contributed by atoms with Crippen LogP contribution in [0.4, 0.5) is 5.82 Å². The molecule has 3 aromatic rings. The maximum absolute atomic E-state index is 12.9. The molecule has 32 heavy (non-hydrogen) atoms. The van der Waals surface area contributed by atoms with Gasteiger partial charge in [-0.1, -0.05) is 30.3 Å². The molecule has 3 heterocycles. The Morgan fingerprint density at radius 2 is 1.91 bits per heavy atom. The van der Waals surface area contributed by atoms with E-state index in [2.05, 4.69) is 40.5 Å². The van der Waals surface area contributed by atoms with Crippen molar-refractivity contribution in [3.05, 3.63) is 66.1 Å². The second kappa shape index (κ2) is 10.1. The summed E-state index contributed by atoms with van der Waals surface area (Å²) in [4.78, 5) is 15.3. The van der Waals surface area contributed by atoms with Gasteiger partial charge in [-0.25, -0.2) is 4.68 Å². The number of benzene rings is 1. The quantitative estimate of drug-likeness (QED) is 0.581. The van der Waals surface area contributed by atoms with Crippen LogP contribution in [-0.4, -0.2) is 50.6 Å². The fourth-order valence-corrected chi connectivity index (χ4v) is 4.24. The molecule has 1 aliphatic rings. The van der Waals surface area contributed by atoms with Crippen molar-refractivity contribution in [2.75, 3.05) is 25.5 Å². The molecule has 2 aromatic heterocycles. The minimum atomic E-state index is -0.659. The molecule has 0 spiro atoms. The lowest BCUT2D eigenvalue weighted by molar-refractivity contribution is -0.126. The molecule has 8 nitrogen and oxygen atoms in total. The Morgan fingerprint density at radius 3 is 2.56 bits per heavy atom. The van der Waals surface area contributed by atoms with Gasteiger partial charge in [-0.05, 0) is 32.3 Å². The minimum absolute atomic E-state index is 0.194. The number of anilines is 1. The van der Waals surface area contributed by atoms with Crippen LogP contribution >= 0.6 is 0 Å². The van der Waals surface area contributed by atoms with Crippen molar-refractivity contribution in [2.45, 2.75) is 51.4 Å². The number of nitrogens with zero attached hydrogens (tertiary/aromatic N) is 5. The van der Waals surface area contributed by atoms with Crippen LogP contribution in [0.25, 0.3) is 0 Å². The average molecular weight is 437 g/mol. The molecular weight excluding hydrogens is 404 g/mol. The summed E-state index contributed by atoms with van der Waals surface area (Å²) >= 11 is 0. The summed E-state index contributed by atoms with van der Waals surface area (Å²) < 4.78 is 9.42. The summed E-state index contributed by atoms with van der Waals surface area (Å²) in [5.41, 5.74) is 2.07. The lowest BCUT2D eigenvalue weighted by atomic mass is 10.0. The van der Waals surface area contributed by atoms with Crippen LogP contribution in [0, 0.1) is 0 Å². The standard InChI is InChI=1S/C24H32N6O2/c1-18(2)29-17-19(15-26-29)16-28-13-10-21(11-14-28)30-22(9-12-25-30)27-24(31)23(32-3)20-7-5-4-6-8-20/h4-9,12,15,17-18,21,23H,10-11,13-14,16H2,1-3H3,(H,27,31)/t23-/m0/s1. The second-order valence-corrected chi connectivity index (χ2v) is 8.61. The number of hydrogen-bond acceptors (Lipinski definition) is 5. The van der Waals surface area contributed by atoms with Crippen LogP contribution in [0.5, 0.6) is 0 Å². The summed E-state index contributed by atoms with van der Waals surface area (Å²) in [7, 11) is 1.55. The van der Waals surface area contributed by atoms with Gasteiger partial charge in [-0.3, -0.25) is 14.4 Å². The molecule has 0 radical (unpaired) electrons. The fourth-order valence-electron chi connectivity index (χ4n) is 4.24. The summed E-state index contributed by atoms with van der Waals surface area (Å²) in [5.74, 6) is 0.518. The molecule has 1 aromatic carbocycles. The number of aromatic nitrogens is 4. The maximum atomic E-state index is 12.9. The Bertz CT molecular complexity index is 1000. The zero-order valence-corrected chi connectivity index (χ0v) is 19.0. The Hall–Kier alpha value is -2.97. The summed E-state index contributed by atoms with van der Waals surface area (Å²) in [6, 6.07) is 12.0. The Morgan fingerprint density at radius 1 is 1.16 bits per heavy atom. The molecule has 0 aliphatic carbocycles. The smallest absolute Gasteiger partial charge is 0.259 e. The van der Waals surface area contributed by atoms with Crippen LogP contribution < -0.4 is 5.32 Å². The highest BCUT2D eigenvalue weighted by Crippen LogP contribution is 2.27. The number of methoxy groups -OCH3 is 1. The minimum Gasteiger partial charge on any atom is -0.367 e. The number of amides is 1. The molecule has 8 heteroatoms. The molecule has 1 amide bonds. The number of hydrogen-bond donors (Lipinski definition) is 1. The van der Waals surface area contributed by atoms with E-state index in [0.29, 0.717) is 11.9 Å². The lowest BCUT2D eigenvalue weighted by Crippen LogP contribution is -2.35. The molecule has 0 saturated carbocycles. The maximum Gasteiger partial charge on any atom is 0.259 e. The van der Waals surface area contributed by atoms with Gasteiger partial charge in [0.15, 0.2) is 6.10 Å². The molecule has 0 bridgehead atoms. The molecule has 1 fully saturated rings. The van der Waals surface area contributed by atoms with Crippen molar-refractivity contribution in [3.8, 4) is 0 Å². The van der Waals surface area contributed by atoms with Gasteiger partial charge in [0.25, 0.3) is 5.91 Å². The number of likely N-dealkylation sites (tertiary alicyclic amines) is 1. The van der Waals surface area contributed by atoms with Crippen molar-refractivity contribution in [1.29, 1.82) is 0 Å². The Balaban J connectivity index is 1.35. The van der Waals surface area contributed by atoms with Crippen LogP contribution in [0.3, 0.4) is 0 Å². The number of rotatable bonds is 8. The van der Waals surface area contributed by atoms with Crippen LogP contribution in [0.1, 0.15) is 56.0 Å². The van der Waals surface area contributed by atoms with E-state index < -0.39 is 6.10 Å². The van der Waals surface area contributed by atoms with Gasteiger partial charge < -0.3 is 10.1 Å². The third kappa shape index (κ3) is 5.08. The van der Waals surface area contributed by atoms with Crippen molar-refractivity contribution >= 4 is 11.7 Å². The number of ether oxygens (including phenoxy) is 1. The van der Waals surface area contributed by atoms with Crippen molar-refractivity contribution in [3.63, 3.8) is 0 Å². The largest absolute Gasteiger partial charge is 0.367 e. The van der Waals surface area contributed by atoms with Crippen molar-refractivity contribution in [1.82, 2.24) is 24.5 Å². The monoisotopic (exact) mass is 436 g/mol. The normalized spacial score (nSPS) is 16.4. The highest BCUT2D eigenvalue weighted by molar-refractivity contribution is 5.94. The SMILES string of the molecule is CO[C@H](C(=O)Nc1ccnn1C1CCN(Cc2cnn(C(C)C)c2)CC1)c1ccccc1. The van der Waals surface area contributed by atoms with Gasteiger partial charge in [-0.15, -0.1) is 0 Å². The zero-order valence-electron chi connectivity index (χ0n) is 19.0. The summed E-state index contributed by atoms with van der Waals surface area (Å²) in [5, 5.41) is 12.0. The van der Waals surface area contributed by atoms with E-state index in [1.54, 1.807) is 13.3 Å².